The molecule has 22 heavy (non-hydrogen) atoms. The largest absolute Gasteiger partial charge is 0.481 e. The van der Waals surface area contributed by atoms with E-state index in [0.29, 0.717) is 32.0 Å². The lowest BCUT2D eigenvalue weighted by Crippen LogP contribution is -2.45. The number of carbonyl (C=O) groups excluding carboxylic acids is 1. The van der Waals surface area contributed by atoms with Gasteiger partial charge in [0.2, 0.25) is 0 Å². The summed E-state index contributed by atoms with van der Waals surface area (Å²) < 4.78 is 10.5. The van der Waals surface area contributed by atoms with Crippen molar-refractivity contribution in [2.45, 2.75) is 59.0 Å². The monoisotopic (exact) mass is 315 g/mol. The van der Waals surface area contributed by atoms with Crippen molar-refractivity contribution < 1.29 is 24.2 Å². The first-order valence-corrected chi connectivity index (χ1v) is 7.96. The summed E-state index contributed by atoms with van der Waals surface area (Å²) >= 11 is 0. The van der Waals surface area contributed by atoms with Crippen molar-refractivity contribution >= 4 is 12.1 Å². The number of carboxylic acid groups (broad SMARTS) is 1. The molecule has 1 heterocycles. The number of hydrogen-bond donors (Lipinski definition) is 2. The second-order valence-electron chi connectivity index (χ2n) is 7.05. The molecule has 6 nitrogen and oxygen atoms in total. The zero-order valence-electron chi connectivity index (χ0n) is 14.1. The molecule has 0 saturated carbocycles. The maximum atomic E-state index is 11.8. The van der Waals surface area contributed by atoms with Gasteiger partial charge in [-0.15, -0.1) is 0 Å². The fraction of sp³-hybridized carbons (Fsp3) is 0.875. The van der Waals surface area contributed by atoms with Crippen LogP contribution in [-0.4, -0.2) is 42.5 Å². The summed E-state index contributed by atoms with van der Waals surface area (Å²) in [5, 5.41) is 12.3. The van der Waals surface area contributed by atoms with Gasteiger partial charge < -0.3 is 19.9 Å². The first kappa shape index (κ1) is 18.7. The summed E-state index contributed by atoms with van der Waals surface area (Å²) in [4.78, 5) is 23.6. The van der Waals surface area contributed by atoms with Crippen LogP contribution in [0.2, 0.25) is 0 Å². The van der Waals surface area contributed by atoms with Gasteiger partial charge in [-0.1, -0.05) is 6.92 Å². The second-order valence-corrected chi connectivity index (χ2v) is 7.05. The normalized spacial score (nSPS) is 19.3. The predicted molar refractivity (Wildman–Crippen MR) is 82.8 cm³/mol. The number of carbonyl (C=O) groups is 2. The lowest BCUT2D eigenvalue weighted by Gasteiger charge is -2.34. The van der Waals surface area contributed by atoms with Crippen LogP contribution in [-0.2, 0) is 14.3 Å². The van der Waals surface area contributed by atoms with Crippen molar-refractivity contribution in [2.75, 3.05) is 19.8 Å². The Bertz CT molecular complexity index is 384. The van der Waals surface area contributed by atoms with Gasteiger partial charge in [0.1, 0.15) is 5.60 Å². The van der Waals surface area contributed by atoms with E-state index in [1.165, 1.54) is 0 Å². The molecule has 1 aliphatic rings. The number of ether oxygens (including phenoxy) is 2. The molecule has 128 valence electrons. The SMILES string of the molecule is CCC(CNC(=O)OC(C)(C)C)(CC1CCOCC1)C(=O)O. The molecule has 2 N–H and O–H groups in total. The Morgan fingerprint density at radius 1 is 1.27 bits per heavy atom. The number of amides is 1. The summed E-state index contributed by atoms with van der Waals surface area (Å²) in [6.07, 6.45) is 2.20. The van der Waals surface area contributed by atoms with Crippen LogP contribution in [0.5, 0.6) is 0 Å². The highest BCUT2D eigenvalue weighted by molar-refractivity contribution is 5.76. The quantitative estimate of drug-likeness (QED) is 0.787. The molecular weight excluding hydrogens is 286 g/mol. The molecule has 0 bridgehead atoms. The smallest absolute Gasteiger partial charge is 0.407 e. The van der Waals surface area contributed by atoms with Gasteiger partial charge in [-0.2, -0.15) is 0 Å². The predicted octanol–water partition coefficient (Wildman–Crippen LogP) is 2.81. The zero-order chi connectivity index (χ0) is 16.8. The molecule has 0 radical (unpaired) electrons. The number of carboxylic acids is 1. The summed E-state index contributed by atoms with van der Waals surface area (Å²) in [5.74, 6) is -0.539. The first-order chi connectivity index (χ1) is 10.2. The van der Waals surface area contributed by atoms with E-state index in [-0.39, 0.29) is 6.54 Å². The summed E-state index contributed by atoms with van der Waals surface area (Å²) in [7, 11) is 0. The minimum absolute atomic E-state index is 0.0884. The van der Waals surface area contributed by atoms with E-state index in [0.717, 1.165) is 12.8 Å². The molecule has 1 saturated heterocycles. The van der Waals surface area contributed by atoms with Crippen molar-refractivity contribution in [2.24, 2.45) is 11.3 Å². The Hall–Kier alpha value is -1.30. The molecule has 1 atom stereocenters. The van der Waals surface area contributed by atoms with E-state index >= 15 is 0 Å². The Balaban J connectivity index is 2.66. The van der Waals surface area contributed by atoms with Gasteiger partial charge in [0.15, 0.2) is 0 Å². The average Bonchev–Trinajstić information content (AvgIpc) is 2.42. The Morgan fingerprint density at radius 3 is 2.32 bits per heavy atom. The molecule has 1 unspecified atom stereocenters. The first-order valence-electron chi connectivity index (χ1n) is 7.96. The molecule has 0 aromatic rings. The third-order valence-electron chi connectivity index (χ3n) is 4.12. The molecule has 0 aromatic carbocycles. The van der Waals surface area contributed by atoms with Crippen molar-refractivity contribution in [3.8, 4) is 0 Å². The van der Waals surface area contributed by atoms with Crippen molar-refractivity contribution in [1.29, 1.82) is 0 Å². The van der Waals surface area contributed by atoms with Crippen molar-refractivity contribution in [3.63, 3.8) is 0 Å². The zero-order valence-corrected chi connectivity index (χ0v) is 14.1. The van der Waals surface area contributed by atoms with Gasteiger partial charge in [0.05, 0.1) is 5.41 Å². The molecule has 1 fully saturated rings. The molecule has 0 aromatic heterocycles. The van der Waals surface area contributed by atoms with Crippen LogP contribution in [0, 0.1) is 11.3 Å². The lowest BCUT2D eigenvalue weighted by atomic mass is 9.75. The highest BCUT2D eigenvalue weighted by Crippen LogP contribution is 2.34. The highest BCUT2D eigenvalue weighted by Gasteiger charge is 2.40. The van der Waals surface area contributed by atoms with Gasteiger partial charge in [-0.25, -0.2) is 4.79 Å². The van der Waals surface area contributed by atoms with Crippen LogP contribution < -0.4 is 5.32 Å². The minimum Gasteiger partial charge on any atom is -0.481 e. The van der Waals surface area contributed by atoms with E-state index < -0.39 is 23.1 Å². The van der Waals surface area contributed by atoms with Crippen LogP contribution in [0.15, 0.2) is 0 Å². The second kappa shape index (κ2) is 7.81. The van der Waals surface area contributed by atoms with Gasteiger partial charge in [0.25, 0.3) is 0 Å². The number of nitrogens with one attached hydrogen (secondary N) is 1. The molecule has 0 aliphatic carbocycles. The van der Waals surface area contributed by atoms with Gasteiger partial charge in [-0.05, 0) is 52.4 Å². The summed E-state index contributed by atoms with van der Waals surface area (Å²) in [6.45, 7) is 8.64. The third-order valence-corrected chi connectivity index (χ3v) is 4.12. The van der Waals surface area contributed by atoms with Gasteiger partial charge in [0, 0.05) is 19.8 Å². The topological polar surface area (TPSA) is 84.9 Å². The molecule has 1 amide bonds. The van der Waals surface area contributed by atoms with E-state index in [1.807, 2.05) is 6.92 Å². The van der Waals surface area contributed by atoms with E-state index in [4.69, 9.17) is 9.47 Å². The minimum atomic E-state index is -0.946. The molecule has 0 spiro atoms. The number of alkyl carbamates (subject to hydrolysis) is 1. The van der Waals surface area contributed by atoms with Crippen LogP contribution in [0.4, 0.5) is 4.79 Å². The highest BCUT2D eigenvalue weighted by atomic mass is 16.6. The van der Waals surface area contributed by atoms with Crippen LogP contribution in [0.25, 0.3) is 0 Å². The van der Waals surface area contributed by atoms with Crippen molar-refractivity contribution in [3.05, 3.63) is 0 Å². The number of hydrogen-bond acceptors (Lipinski definition) is 4. The number of aliphatic carboxylic acids is 1. The lowest BCUT2D eigenvalue weighted by molar-refractivity contribution is -0.150. The Morgan fingerprint density at radius 2 is 1.86 bits per heavy atom. The van der Waals surface area contributed by atoms with Gasteiger partial charge >= 0.3 is 12.1 Å². The van der Waals surface area contributed by atoms with Gasteiger partial charge in [-0.3, -0.25) is 4.79 Å². The maximum Gasteiger partial charge on any atom is 0.407 e. The van der Waals surface area contributed by atoms with Crippen molar-refractivity contribution in [1.82, 2.24) is 5.32 Å². The fourth-order valence-corrected chi connectivity index (χ4v) is 2.71. The average molecular weight is 315 g/mol. The van der Waals surface area contributed by atoms with E-state index in [9.17, 15) is 14.7 Å². The van der Waals surface area contributed by atoms with Crippen LogP contribution in [0.1, 0.15) is 53.4 Å². The van der Waals surface area contributed by atoms with Crippen LogP contribution in [0.3, 0.4) is 0 Å². The third kappa shape index (κ3) is 5.83. The van der Waals surface area contributed by atoms with Crippen LogP contribution >= 0.6 is 0 Å². The van der Waals surface area contributed by atoms with E-state index in [1.54, 1.807) is 20.8 Å². The molecule has 1 aliphatic heterocycles. The standard InChI is InChI=1S/C16H29NO5/c1-5-16(13(18)19,10-12-6-8-21-9-7-12)11-17-14(20)22-15(2,3)4/h12H,5-11H2,1-4H3,(H,17,20)(H,18,19). The summed E-state index contributed by atoms with van der Waals surface area (Å²) in [5.41, 5.74) is -1.54. The maximum absolute atomic E-state index is 11.8. The molecule has 6 heteroatoms. The fourth-order valence-electron chi connectivity index (χ4n) is 2.71. The Kier molecular flexibility index (Phi) is 6.66. The molecular formula is C16H29NO5. The number of rotatable bonds is 6. The summed E-state index contributed by atoms with van der Waals surface area (Å²) in [6, 6.07) is 0. The molecule has 1 rings (SSSR count). The Labute approximate surface area is 132 Å². The van der Waals surface area contributed by atoms with E-state index in [2.05, 4.69) is 5.32 Å².